The number of hydrogen-bond donors (Lipinski definition) is 1. The summed E-state index contributed by atoms with van der Waals surface area (Å²) >= 11 is 0. The first-order valence-electron chi connectivity index (χ1n) is 5.66. The predicted octanol–water partition coefficient (Wildman–Crippen LogP) is 0.479. The van der Waals surface area contributed by atoms with Gasteiger partial charge in [-0.2, -0.15) is 5.21 Å². The van der Waals surface area contributed by atoms with Gasteiger partial charge in [0.05, 0.1) is 13.2 Å². The summed E-state index contributed by atoms with van der Waals surface area (Å²) in [5.74, 6) is 0.750. The minimum Gasteiger partial charge on any atom is -0.357 e. The van der Waals surface area contributed by atoms with Crippen LogP contribution in [0.25, 0.3) is 0 Å². The van der Waals surface area contributed by atoms with Gasteiger partial charge in [0.1, 0.15) is 0 Å². The number of rotatable bonds is 3. The van der Waals surface area contributed by atoms with Crippen LogP contribution in [-0.4, -0.2) is 45.3 Å². The van der Waals surface area contributed by atoms with E-state index in [9.17, 15) is 0 Å². The van der Waals surface area contributed by atoms with Crippen LogP contribution in [-0.2, 0) is 6.54 Å². The van der Waals surface area contributed by atoms with Crippen LogP contribution in [0.15, 0.2) is 30.3 Å². The lowest BCUT2D eigenvalue weighted by Crippen LogP contribution is -2.25. The predicted molar refractivity (Wildman–Crippen MR) is 63.2 cm³/mol. The molecule has 0 amide bonds. The summed E-state index contributed by atoms with van der Waals surface area (Å²) in [6.45, 7) is 3.74. The molecular weight excluding hydrogens is 216 g/mol. The number of aromatic amines is 1. The molecule has 0 atom stereocenters. The van der Waals surface area contributed by atoms with Crippen molar-refractivity contribution in [2.75, 3.05) is 24.7 Å². The topological polar surface area (TPSA) is 60.9 Å². The Hall–Kier alpha value is -1.95. The summed E-state index contributed by atoms with van der Waals surface area (Å²) in [7, 11) is 0. The fraction of sp³-hybridized carbons (Fsp3) is 0.364. The maximum absolute atomic E-state index is 3.97. The average Bonchev–Trinajstić information content (AvgIpc) is 3.02. The molecule has 1 aromatic heterocycles. The molecule has 6 nitrogen and oxygen atoms in total. The van der Waals surface area contributed by atoms with Crippen molar-refractivity contribution in [2.45, 2.75) is 6.54 Å². The Balaban J connectivity index is 1.62. The molecule has 1 N–H and O–H groups in total. The van der Waals surface area contributed by atoms with E-state index < -0.39 is 0 Å². The first kappa shape index (κ1) is 10.2. The van der Waals surface area contributed by atoms with Crippen LogP contribution in [0.5, 0.6) is 0 Å². The number of nitrogens with zero attached hydrogens (tertiary/aromatic N) is 5. The van der Waals surface area contributed by atoms with Crippen molar-refractivity contribution in [3.63, 3.8) is 0 Å². The zero-order valence-corrected chi connectivity index (χ0v) is 9.45. The largest absolute Gasteiger partial charge is 0.357 e. The van der Waals surface area contributed by atoms with E-state index in [4.69, 9.17) is 0 Å². The van der Waals surface area contributed by atoms with E-state index >= 15 is 0 Å². The summed E-state index contributed by atoms with van der Waals surface area (Å²) in [6, 6.07) is 10.4. The molecule has 3 rings (SSSR count). The zero-order chi connectivity index (χ0) is 11.5. The van der Waals surface area contributed by atoms with Crippen molar-refractivity contribution in [2.24, 2.45) is 0 Å². The smallest absolute Gasteiger partial charge is 0.188 e. The average molecular weight is 230 g/mol. The van der Waals surface area contributed by atoms with Crippen LogP contribution in [0.2, 0.25) is 0 Å². The fourth-order valence-electron chi connectivity index (χ4n) is 2.07. The maximum Gasteiger partial charge on any atom is 0.188 e. The second kappa shape index (κ2) is 4.50. The molecule has 0 unspecified atom stereocenters. The number of para-hydroxylation sites is 1. The van der Waals surface area contributed by atoms with Crippen LogP contribution in [0, 0.1) is 0 Å². The number of anilines is 1. The Bertz CT molecular complexity index is 454. The number of aromatic nitrogens is 4. The highest BCUT2D eigenvalue weighted by Gasteiger charge is 2.20. The van der Waals surface area contributed by atoms with Crippen molar-refractivity contribution in [1.82, 2.24) is 25.5 Å². The number of hydrogen-bond acceptors (Lipinski definition) is 5. The molecule has 0 bridgehead atoms. The third kappa shape index (κ3) is 2.26. The minimum absolute atomic E-state index is 0.750. The Kier molecular flexibility index (Phi) is 2.71. The molecule has 2 aromatic rings. The highest BCUT2D eigenvalue weighted by molar-refractivity contribution is 5.46. The van der Waals surface area contributed by atoms with E-state index in [2.05, 4.69) is 54.7 Å². The molecule has 1 fully saturated rings. The van der Waals surface area contributed by atoms with Crippen LogP contribution in [0.3, 0.4) is 0 Å². The van der Waals surface area contributed by atoms with E-state index in [0.717, 1.165) is 32.1 Å². The molecule has 2 heterocycles. The van der Waals surface area contributed by atoms with Crippen molar-refractivity contribution in [3.8, 4) is 0 Å². The number of H-pyrrole nitrogens is 1. The highest BCUT2D eigenvalue weighted by atomic mass is 15.5. The lowest BCUT2D eigenvalue weighted by atomic mass is 10.3. The second-order valence-corrected chi connectivity index (χ2v) is 4.12. The Morgan fingerprint density at radius 2 is 2.06 bits per heavy atom. The van der Waals surface area contributed by atoms with Crippen LogP contribution >= 0.6 is 0 Å². The standard InChI is InChI=1S/C11H14N6/c1-2-4-10(5-3-1)17-7-6-16(9-17)8-11-12-14-15-13-11/h1-5H,6-9H2,(H,12,13,14,15). The minimum atomic E-state index is 0.750. The summed E-state index contributed by atoms with van der Waals surface area (Å²) in [4.78, 5) is 4.65. The highest BCUT2D eigenvalue weighted by Crippen LogP contribution is 2.18. The van der Waals surface area contributed by atoms with Crippen molar-refractivity contribution in [3.05, 3.63) is 36.2 Å². The molecule has 0 aliphatic carbocycles. The molecular formula is C11H14N6. The SMILES string of the molecule is c1ccc(N2CCN(Cc3nn[nH]n3)C2)cc1. The summed E-state index contributed by atoms with van der Waals surface area (Å²) in [5, 5.41) is 14.0. The number of tetrazole rings is 1. The lowest BCUT2D eigenvalue weighted by molar-refractivity contribution is 0.325. The Morgan fingerprint density at radius 1 is 1.18 bits per heavy atom. The lowest BCUT2D eigenvalue weighted by Gasteiger charge is -2.18. The summed E-state index contributed by atoms with van der Waals surface area (Å²) < 4.78 is 0. The van der Waals surface area contributed by atoms with Crippen molar-refractivity contribution >= 4 is 5.69 Å². The van der Waals surface area contributed by atoms with Gasteiger partial charge in [0.15, 0.2) is 5.82 Å². The number of nitrogens with one attached hydrogen (secondary N) is 1. The van der Waals surface area contributed by atoms with E-state index in [0.29, 0.717) is 0 Å². The van der Waals surface area contributed by atoms with Gasteiger partial charge in [0, 0.05) is 18.8 Å². The third-order valence-corrected chi connectivity index (χ3v) is 2.93. The van der Waals surface area contributed by atoms with E-state index in [1.807, 2.05) is 6.07 Å². The van der Waals surface area contributed by atoms with Crippen LogP contribution in [0.4, 0.5) is 5.69 Å². The molecule has 1 aliphatic rings. The Labute approximate surface area is 99.2 Å². The summed E-state index contributed by atoms with van der Waals surface area (Å²) in [5.41, 5.74) is 1.27. The molecule has 6 heteroatoms. The molecule has 0 saturated carbocycles. The van der Waals surface area contributed by atoms with Gasteiger partial charge in [-0.25, -0.2) is 0 Å². The molecule has 17 heavy (non-hydrogen) atoms. The number of benzene rings is 1. The quantitative estimate of drug-likeness (QED) is 0.831. The molecule has 0 spiro atoms. The fourth-order valence-corrected chi connectivity index (χ4v) is 2.07. The van der Waals surface area contributed by atoms with Gasteiger partial charge in [0.25, 0.3) is 0 Å². The van der Waals surface area contributed by atoms with E-state index in [1.54, 1.807) is 0 Å². The third-order valence-electron chi connectivity index (χ3n) is 2.93. The molecule has 1 aromatic carbocycles. The zero-order valence-electron chi connectivity index (χ0n) is 9.45. The van der Waals surface area contributed by atoms with Gasteiger partial charge in [-0.05, 0) is 12.1 Å². The Morgan fingerprint density at radius 3 is 2.82 bits per heavy atom. The molecule has 88 valence electrons. The first-order valence-corrected chi connectivity index (χ1v) is 5.66. The van der Waals surface area contributed by atoms with E-state index in [1.165, 1.54) is 5.69 Å². The summed E-state index contributed by atoms with van der Waals surface area (Å²) in [6.07, 6.45) is 0. The van der Waals surface area contributed by atoms with Gasteiger partial charge >= 0.3 is 0 Å². The van der Waals surface area contributed by atoms with Crippen molar-refractivity contribution in [1.29, 1.82) is 0 Å². The van der Waals surface area contributed by atoms with E-state index in [-0.39, 0.29) is 0 Å². The van der Waals surface area contributed by atoms with Crippen LogP contribution < -0.4 is 4.90 Å². The monoisotopic (exact) mass is 230 g/mol. The van der Waals surface area contributed by atoms with Crippen molar-refractivity contribution < 1.29 is 0 Å². The molecule has 0 radical (unpaired) electrons. The molecule has 1 saturated heterocycles. The second-order valence-electron chi connectivity index (χ2n) is 4.12. The maximum atomic E-state index is 3.97. The van der Waals surface area contributed by atoms with Crippen LogP contribution in [0.1, 0.15) is 5.82 Å². The molecule has 1 aliphatic heterocycles. The van der Waals surface area contributed by atoms with Gasteiger partial charge in [-0.1, -0.05) is 23.4 Å². The first-order chi connectivity index (χ1) is 8.42. The van der Waals surface area contributed by atoms with Gasteiger partial charge in [-0.3, -0.25) is 4.90 Å². The van der Waals surface area contributed by atoms with Gasteiger partial charge < -0.3 is 4.90 Å². The van der Waals surface area contributed by atoms with Gasteiger partial charge in [0.2, 0.25) is 0 Å². The van der Waals surface area contributed by atoms with Gasteiger partial charge in [-0.15, -0.1) is 10.2 Å². The normalized spacial score (nSPS) is 16.6.